The number of nitrogens with zero attached hydrogens (tertiary/aromatic N) is 2. The van der Waals surface area contributed by atoms with Crippen LogP contribution in [0.25, 0.3) is 11.3 Å². The van der Waals surface area contributed by atoms with Crippen LogP contribution in [0.15, 0.2) is 48.5 Å². The maximum Gasteiger partial charge on any atom is 0.225 e. The number of benzene rings is 2. The number of carbonyl (C=O) groups excluding carboxylic acids is 1. The standard InChI is InChI=1S/C29H33N3O2/c33-19-22-11-14-24-23(17-22)13-16-25-28(24)30-26(15-12-20-7-3-1-4-8-20)29(31-25)32-27(34)18-21-9-5-2-6-10-21/h1,3-4,7-8,11,14,17,21,33H,2,5-6,9-10,12-13,15-16,18-19H2,(H,31,32,34). The van der Waals surface area contributed by atoms with Crippen LogP contribution in [0.2, 0.25) is 0 Å². The second kappa shape index (κ2) is 10.5. The fraction of sp³-hybridized carbons (Fsp3) is 0.414. The first kappa shape index (κ1) is 22.7. The third-order valence-electron chi connectivity index (χ3n) is 7.23. The third-order valence-corrected chi connectivity index (χ3v) is 7.23. The molecule has 34 heavy (non-hydrogen) atoms. The minimum Gasteiger partial charge on any atom is -0.392 e. The van der Waals surface area contributed by atoms with E-state index in [0.717, 1.165) is 60.3 Å². The Balaban J connectivity index is 1.43. The normalized spacial score (nSPS) is 15.4. The Hall–Kier alpha value is -3.05. The van der Waals surface area contributed by atoms with Crippen molar-refractivity contribution in [3.8, 4) is 11.3 Å². The van der Waals surface area contributed by atoms with E-state index < -0.39 is 0 Å². The van der Waals surface area contributed by atoms with E-state index in [4.69, 9.17) is 9.97 Å². The van der Waals surface area contributed by atoms with Crippen molar-refractivity contribution >= 4 is 11.7 Å². The Morgan fingerprint density at radius 3 is 2.56 bits per heavy atom. The van der Waals surface area contributed by atoms with Gasteiger partial charge in [0.25, 0.3) is 0 Å². The quantitative estimate of drug-likeness (QED) is 0.498. The van der Waals surface area contributed by atoms with E-state index in [1.807, 2.05) is 12.1 Å². The molecular weight excluding hydrogens is 422 g/mol. The van der Waals surface area contributed by atoms with Gasteiger partial charge >= 0.3 is 0 Å². The number of hydrogen-bond donors (Lipinski definition) is 2. The molecule has 0 radical (unpaired) electrons. The molecule has 0 saturated heterocycles. The van der Waals surface area contributed by atoms with Crippen LogP contribution in [-0.4, -0.2) is 21.0 Å². The highest BCUT2D eigenvalue weighted by Gasteiger charge is 2.24. The lowest BCUT2D eigenvalue weighted by Gasteiger charge is -2.23. The molecule has 0 unspecified atom stereocenters. The summed E-state index contributed by atoms with van der Waals surface area (Å²) in [6.07, 6.45) is 9.84. The maximum atomic E-state index is 12.9. The summed E-state index contributed by atoms with van der Waals surface area (Å²) in [6.45, 7) is 0.0418. The van der Waals surface area contributed by atoms with Crippen molar-refractivity contribution in [2.75, 3.05) is 5.32 Å². The molecule has 2 aliphatic rings. The predicted octanol–water partition coefficient (Wildman–Crippen LogP) is 5.43. The van der Waals surface area contributed by atoms with Crippen molar-refractivity contribution < 1.29 is 9.90 Å². The van der Waals surface area contributed by atoms with Crippen LogP contribution < -0.4 is 5.32 Å². The van der Waals surface area contributed by atoms with Crippen molar-refractivity contribution in [2.45, 2.75) is 70.8 Å². The van der Waals surface area contributed by atoms with Crippen molar-refractivity contribution in [1.82, 2.24) is 9.97 Å². The summed E-state index contributed by atoms with van der Waals surface area (Å²) in [4.78, 5) is 23.0. The van der Waals surface area contributed by atoms with Gasteiger partial charge < -0.3 is 10.4 Å². The van der Waals surface area contributed by atoms with E-state index in [-0.39, 0.29) is 12.5 Å². The molecule has 1 aromatic heterocycles. The predicted molar refractivity (Wildman–Crippen MR) is 134 cm³/mol. The van der Waals surface area contributed by atoms with Crippen LogP contribution in [-0.2, 0) is 37.1 Å². The number of aromatic nitrogens is 2. The van der Waals surface area contributed by atoms with Crippen LogP contribution >= 0.6 is 0 Å². The van der Waals surface area contributed by atoms with E-state index in [0.29, 0.717) is 24.6 Å². The summed E-state index contributed by atoms with van der Waals surface area (Å²) < 4.78 is 0. The third kappa shape index (κ3) is 5.20. The topological polar surface area (TPSA) is 75.1 Å². The van der Waals surface area contributed by atoms with Gasteiger partial charge in [-0.15, -0.1) is 0 Å². The highest BCUT2D eigenvalue weighted by molar-refractivity contribution is 5.90. The molecule has 2 N–H and O–H groups in total. The summed E-state index contributed by atoms with van der Waals surface area (Å²) in [6, 6.07) is 16.5. The van der Waals surface area contributed by atoms with Gasteiger partial charge in [0.15, 0.2) is 5.82 Å². The van der Waals surface area contributed by atoms with Gasteiger partial charge in [0.05, 0.1) is 23.7 Å². The lowest BCUT2D eigenvalue weighted by molar-refractivity contribution is -0.117. The van der Waals surface area contributed by atoms with E-state index in [9.17, 15) is 9.90 Å². The zero-order valence-electron chi connectivity index (χ0n) is 19.7. The Labute approximate surface area is 201 Å². The van der Waals surface area contributed by atoms with Crippen LogP contribution in [0, 0.1) is 5.92 Å². The van der Waals surface area contributed by atoms with Crippen molar-refractivity contribution in [3.63, 3.8) is 0 Å². The minimum atomic E-state index is 0.0418. The number of amides is 1. The highest BCUT2D eigenvalue weighted by Crippen LogP contribution is 2.34. The molecule has 2 aromatic carbocycles. The summed E-state index contributed by atoms with van der Waals surface area (Å²) in [7, 11) is 0. The largest absolute Gasteiger partial charge is 0.392 e. The molecule has 0 aliphatic heterocycles. The molecule has 1 saturated carbocycles. The molecule has 0 bridgehead atoms. The molecule has 5 heteroatoms. The van der Waals surface area contributed by atoms with Gasteiger partial charge in [0, 0.05) is 12.0 Å². The van der Waals surface area contributed by atoms with Gasteiger partial charge in [-0.2, -0.15) is 0 Å². The highest BCUT2D eigenvalue weighted by atomic mass is 16.3. The van der Waals surface area contributed by atoms with Crippen LogP contribution in [0.1, 0.15) is 66.6 Å². The molecule has 2 aliphatic carbocycles. The Bertz CT molecular complexity index is 1150. The fourth-order valence-corrected chi connectivity index (χ4v) is 5.35. The second-order valence-corrected chi connectivity index (χ2v) is 9.71. The zero-order chi connectivity index (χ0) is 23.3. The molecule has 5 rings (SSSR count). The van der Waals surface area contributed by atoms with Gasteiger partial charge in [0.1, 0.15) is 0 Å². The molecule has 0 atom stereocenters. The SMILES string of the molecule is O=C(CC1CCCCC1)Nc1nc2c(nc1CCc1ccccc1)-c1ccc(CO)cc1CC2. The van der Waals surface area contributed by atoms with Crippen molar-refractivity contribution in [2.24, 2.45) is 5.92 Å². The fourth-order valence-electron chi connectivity index (χ4n) is 5.35. The van der Waals surface area contributed by atoms with Crippen LogP contribution in [0.3, 0.4) is 0 Å². The summed E-state index contributed by atoms with van der Waals surface area (Å²) in [5.41, 5.74) is 7.17. The molecule has 1 amide bonds. The molecule has 1 heterocycles. The summed E-state index contributed by atoms with van der Waals surface area (Å²) in [5, 5.41) is 12.7. The molecule has 176 valence electrons. The number of aliphatic hydroxyl groups excluding tert-OH is 1. The molecule has 5 nitrogen and oxygen atoms in total. The Kier molecular flexibility index (Phi) is 7.00. The lowest BCUT2D eigenvalue weighted by atomic mass is 9.87. The molecule has 3 aromatic rings. The average Bonchev–Trinajstić information content (AvgIpc) is 2.88. The van der Waals surface area contributed by atoms with Gasteiger partial charge in [-0.25, -0.2) is 9.97 Å². The molecule has 1 fully saturated rings. The summed E-state index contributed by atoms with van der Waals surface area (Å²) in [5.74, 6) is 1.18. The lowest BCUT2D eigenvalue weighted by Crippen LogP contribution is -2.21. The van der Waals surface area contributed by atoms with Gasteiger partial charge in [-0.05, 0) is 61.1 Å². The smallest absolute Gasteiger partial charge is 0.225 e. The first-order valence-electron chi connectivity index (χ1n) is 12.7. The Morgan fingerprint density at radius 2 is 1.76 bits per heavy atom. The van der Waals surface area contributed by atoms with Crippen LogP contribution in [0.4, 0.5) is 5.82 Å². The number of fused-ring (bicyclic) bond motifs is 3. The van der Waals surface area contributed by atoms with E-state index >= 15 is 0 Å². The van der Waals surface area contributed by atoms with Crippen molar-refractivity contribution in [1.29, 1.82) is 0 Å². The monoisotopic (exact) mass is 455 g/mol. The zero-order valence-corrected chi connectivity index (χ0v) is 19.7. The second-order valence-electron chi connectivity index (χ2n) is 9.71. The number of hydrogen-bond acceptors (Lipinski definition) is 4. The Morgan fingerprint density at radius 1 is 0.941 bits per heavy atom. The number of anilines is 1. The van der Waals surface area contributed by atoms with Gasteiger partial charge in [-0.3, -0.25) is 4.79 Å². The van der Waals surface area contributed by atoms with Gasteiger partial charge in [-0.1, -0.05) is 67.8 Å². The van der Waals surface area contributed by atoms with E-state index in [1.165, 1.54) is 30.4 Å². The van der Waals surface area contributed by atoms with Crippen LogP contribution in [0.5, 0.6) is 0 Å². The van der Waals surface area contributed by atoms with E-state index in [2.05, 4.69) is 41.7 Å². The average molecular weight is 456 g/mol. The maximum absolute atomic E-state index is 12.9. The van der Waals surface area contributed by atoms with E-state index in [1.54, 1.807) is 0 Å². The number of rotatable bonds is 7. The van der Waals surface area contributed by atoms with Gasteiger partial charge in [0.2, 0.25) is 5.91 Å². The molecular formula is C29H33N3O2. The summed E-state index contributed by atoms with van der Waals surface area (Å²) >= 11 is 0. The first-order valence-corrected chi connectivity index (χ1v) is 12.7. The molecule has 0 spiro atoms. The number of aryl methyl sites for hydroxylation is 4. The minimum absolute atomic E-state index is 0.0418. The first-order chi connectivity index (χ1) is 16.7. The number of aliphatic hydroxyl groups is 1. The number of carbonyl (C=O) groups is 1. The number of nitrogens with one attached hydrogen (secondary N) is 1. The van der Waals surface area contributed by atoms with Crippen molar-refractivity contribution in [3.05, 3.63) is 76.6 Å².